The number of nitrogens with zero attached hydrogens (tertiary/aromatic N) is 1. The second-order valence-corrected chi connectivity index (χ2v) is 12.7. The summed E-state index contributed by atoms with van der Waals surface area (Å²) in [6.07, 6.45) is 3.68. The van der Waals surface area contributed by atoms with Crippen molar-refractivity contribution in [1.29, 1.82) is 0 Å². The minimum atomic E-state index is -3.99. The highest BCUT2D eigenvalue weighted by molar-refractivity contribution is 7.92. The third-order valence-corrected chi connectivity index (χ3v) is 9.30. The highest BCUT2D eigenvalue weighted by Gasteiger charge is 2.33. The third-order valence-electron chi connectivity index (χ3n) is 7.54. The van der Waals surface area contributed by atoms with E-state index in [2.05, 4.69) is 4.90 Å². The first kappa shape index (κ1) is 31.9. The van der Waals surface area contributed by atoms with E-state index in [0.29, 0.717) is 61.0 Å². The SMILES string of the molecule is CCCOc1c(OCCN2CCCC2)cc([C@@H]2CC[C@@H](c3cc(OC)c(OC)c(OC)c3)O2)cc1S(=O)(=O)CC(C)=O. The number of likely N-dealkylation sites (tertiary alicyclic amines) is 1. The van der Waals surface area contributed by atoms with Crippen LogP contribution in [0, 0.1) is 0 Å². The Morgan fingerprint density at radius 3 is 2.00 bits per heavy atom. The predicted octanol–water partition coefficient (Wildman–Crippen LogP) is 4.93. The average Bonchev–Trinajstić information content (AvgIpc) is 3.67. The summed E-state index contributed by atoms with van der Waals surface area (Å²) < 4.78 is 62.1. The number of benzene rings is 2. The van der Waals surface area contributed by atoms with E-state index in [1.54, 1.807) is 27.4 Å². The monoisotopic (exact) mass is 605 g/mol. The molecule has 2 saturated heterocycles. The van der Waals surface area contributed by atoms with Gasteiger partial charge in [-0.15, -0.1) is 0 Å². The molecule has 2 aliphatic rings. The van der Waals surface area contributed by atoms with Gasteiger partial charge >= 0.3 is 0 Å². The lowest BCUT2D eigenvalue weighted by Crippen LogP contribution is -2.25. The fourth-order valence-electron chi connectivity index (χ4n) is 5.52. The van der Waals surface area contributed by atoms with Crippen molar-refractivity contribution in [3.8, 4) is 28.7 Å². The molecule has 0 radical (unpaired) electrons. The number of ketones is 1. The molecule has 2 aliphatic heterocycles. The molecule has 0 amide bonds. The average molecular weight is 606 g/mol. The van der Waals surface area contributed by atoms with E-state index in [-0.39, 0.29) is 16.7 Å². The largest absolute Gasteiger partial charge is 0.493 e. The number of carbonyl (C=O) groups is 1. The highest BCUT2D eigenvalue weighted by Crippen LogP contribution is 2.48. The van der Waals surface area contributed by atoms with Gasteiger partial charge < -0.3 is 28.4 Å². The summed E-state index contributed by atoms with van der Waals surface area (Å²) >= 11 is 0. The maximum Gasteiger partial charge on any atom is 0.203 e. The first-order valence-corrected chi connectivity index (χ1v) is 16.2. The van der Waals surface area contributed by atoms with Crippen molar-refractivity contribution in [3.05, 3.63) is 35.4 Å². The second kappa shape index (κ2) is 14.4. The molecule has 232 valence electrons. The van der Waals surface area contributed by atoms with Gasteiger partial charge in [-0.1, -0.05) is 6.92 Å². The highest BCUT2D eigenvalue weighted by atomic mass is 32.2. The zero-order valence-electron chi connectivity index (χ0n) is 25.3. The zero-order valence-corrected chi connectivity index (χ0v) is 26.1. The molecular formula is C31H43NO9S. The Morgan fingerprint density at radius 2 is 1.45 bits per heavy atom. The summed E-state index contributed by atoms with van der Waals surface area (Å²) in [5.41, 5.74) is 1.52. The van der Waals surface area contributed by atoms with E-state index in [4.69, 9.17) is 28.4 Å². The second-order valence-electron chi connectivity index (χ2n) is 10.7. The summed E-state index contributed by atoms with van der Waals surface area (Å²) in [4.78, 5) is 14.2. The molecular weight excluding hydrogens is 562 g/mol. The number of hydrogen-bond donors (Lipinski definition) is 0. The summed E-state index contributed by atoms with van der Waals surface area (Å²) in [5, 5.41) is 0. The van der Waals surface area contributed by atoms with Gasteiger partial charge in [0.15, 0.2) is 32.8 Å². The van der Waals surface area contributed by atoms with Crippen molar-refractivity contribution >= 4 is 15.6 Å². The topological polar surface area (TPSA) is 110 Å². The van der Waals surface area contributed by atoms with E-state index < -0.39 is 27.5 Å². The van der Waals surface area contributed by atoms with Crippen LogP contribution < -0.4 is 23.7 Å². The van der Waals surface area contributed by atoms with Crippen LogP contribution in [0.15, 0.2) is 29.2 Å². The van der Waals surface area contributed by atoms with Crippen molar-refractivity contribution in [2.75, 3.05) is 59.9 Å². The molecule has 0 saturated carbocycles. The molecule has 2 aromatic rings. The van der Waals surface area contributed by atoms with Crippen LogP contribution in [-0.4, -0.2) is 79.0 Å². The molecule has 0 N–H and O–H groups in total. The number of methoxy groups -OCH3 is 3. The number of rotatable bonds is 15. The van der Waals surface area contributed by atoms with Gasteiger partial charge in [0.25, 0.3) is 0 Å². The van der Waals surface area contributed by atoms with E-state index >= 15 is 0 Å². The van der Waals surface area contributed by atoms with Gasteiger partial charge in [0.05, 0.1) is 40.1 Å². The quantitative estimate of drug-likeness (QED) is 0.277. The molecule has 0 bridgehead atoms. The van der Waals surface area contributed by atoms with Gasteiger partial charge in [0, 0.05) is 6.54 Å². The van der Waals surface area contributed by atoms with Crippen LogP contribution in [0.2, 0.25) is 0 Å². The minimum absolute atomic E-state index is 0.0420. The molecule has 2 aromatic carbocycles. The normalized spacial score (nSPS) is 19.1. The van der Waals surface area contributed by atoms with Crippen LogP contribution in [0.25, 0.3) is 0 Å². The fraction of sp³-hybridized carbons (Fsp3) is 0.581. The summed E-state index contributed by atoms with van der Waals surface area (Å²) in [6.45, 7) is 6.70. The molecule has 0 aliphatic carbocycles. The number of carbonyl (C=O) groups excluding carboxylic acids is 1. The number of sulfone groups is 1. The Morgan fingerprint density at radius 1 is 0.857 bits per heavy atom. The van der Waals surface area contributed by atoms with Gasteiger partial charge in [0.2, 0.25) is 5.75 Å². The van der Waals surface area contributed by atoms with Crippen LogP contribution in [0.1, 0.15) is 69.3 Å². The Kier molecular flexibility index (Phi) is 11.0. The van der Waals surface area contributed by atoms with Crippen molar-refractivity contribution in [3.63, 3.8) is 0 Å². The van der Waals surface area contributed by atoms with Crippen molar-refractivity contribution in [2.45, 2.75) is 63.1 Å². The lowest BCUT2D eigenvalue weighted by atomic mass is 10.0. The Balaban J connectivity index is 1.68. The first-order chi connectivity index (χ1) is 20.2. The van der Waals surface area contributed by atoms with Gasteiger partial charge in [-0.2, -0.15) is 0 Å². The van der Waals surface area contributed by atoms with Crippen LogP contribution in [0.4, 0.5) is 0 Å². The van der Waals surface area contributed by atoms with Crippen LogP contribution in [0.5, 0.6) is 28.7 Å². The molecule has 0 aromatic heterocycles. The maximum atomic E-state index is 13.5. The smallest absolute Gasteiger partial charge is 0.203 e. The molecule has 0 unspecified atom stereocenters. The van der Waals surface area contributed by atoms with Gasteiger partial charge in [-0.25, -0.2) is 8.42 Å². The summed E-state index contributed by atoms with van der Waals surface area (Å²) in [6, 6.07) is 7.14. The van der Waals surface area contributed by atoms with E-state index in [1.165, 1.54) is 19.8 Å². The van der Waals surface area contributed by atoms with Crippen LogP contribution in [0.3, 0.4) is 0 Å². The molecule has 2 atom stereocenters. The zero-order chi connectivity index (χ0) is 30.3. The number of ether oxygens (including phenoxy) is 6. The molecule has 2 heterocycles. The standard InChI is InChI=1S/C31H43NO9S/c1-6-14-40-31-28(39-15-13-32-11-7-8-12-32)18-23(19-29(31)42(34,35)20-21(2)33)25-10-9-24(41-25)22-16-26(36-3)30(38-5)27(17-22)37-4/h16-19,24-25H,6-15,20H2,1-5H3/t24-,25-/m0/s1. The third kappa shape index (κ3) is 7.48. The lowest BCUT2D eigenvalue weighted by molar-refractivity contribution is -0.114. The van der Waals surface area contributed by atoms with Gasteiger partial charge in [-0.05, 0) is 87.5 Å². The van der Waals surface area contributed by atoms with Gasteiger partial charge in [0.1, 0.15) is 23.0 Å². The molecule has 2 fully saturated rings. The Bertz CT molecular complexity index is 1310. The first-order valence-electron chi connectivity index (χ1n) is 14.5. The number of hydrogen-bond acceptors (Lipinski definition) is 10. The maximum absolute atomic E-state index is 13.5. The molecule has 10 nitrogen and oxygen atoms in total. The Labute approximate surface area is 249 Å². The summed E-state index contributed by atoms with van der Waals surface area (Å²) in [7, 11) is 0.690. The van der Waals surface area contributed by atoms with Crippen molar-refractivity contribution < 1.29 is 41.6 Å². The lowest BCUT2D eigenvalue weighted by Gasteiger charge is -2.22. The van der Waals surface area contributed by atoms with Crippen LogP contribution >= 0.6 is 0 Å². The van der Waals surface area contributed by atoms with Crippen molar-refractivity contribution in [2.24, 2.45) is 0 Å². The summed E-state index contributed by atoms with van der Waals surface area (Å²) in [5.74, 6) is 0.996. The van der Waals surface area contributed by atoms with E-state index in [9.17, 15) is 13.2 Å². The molecule has 11 heteroatoms. The van der Waals surface area contributed by atoms with E-state index in [0.717, 1.165) is 25.2 Å². The van der Waals surface area contributed by atoms with E-state index in [1.807, 2.05) is 25.1 Å². The van der Waals surface area contributed by atoms with Crippen molar-refractivity contribution in [1.82, 2.24) is 4.90 Å². The number of Topliss-reactive ketones (excluding diaryl/α,β-unsaturated/α-hetero) is 1. The van der Waals surface area contributed by atoms with Gasteiger partial charge in [-0.3, -0.25) is 9.69 Å². The Hall–Kier alpha value is -3.02. The fourth-order valence-corrected chi connectivity index (χ4v) is 6.97. The predicted molar refractivity (Wildman–Crippen MR) is 158 cm³/mol. The van der Waals surface area contributed by atoms with Crippen LogP contribution in [-0.2, 0) is 19.4 Å². The molecule has 0 spiro atoms. The molecule has 4 rings (SSSR count). The minimum Gasteiger partial charge on any atom is -0.493 e. The molecule has 42 heavy (non-hydrogen) atoms.